The molecule has 0 spiro atoms. The Morgan fingerprint density at radius 1 is 0.786 bits per heavy atom. The van der Waals surface area contributed by atoms with E-state index in [2.05, 4.69) is 0 Å². The van der Waals surface area contributed by atoms with Gasteiger partial charge >= 0.3 is 12.1 Å². The van der Waals surface area contributed by atoms with Crippen LogP contribution in [0.1, 0.15) is 82.5 Å². The Morgan fingerprint density at radius 3 is 1.95 bits per heavy atom. The lowest BCUT2D eigenvalue weighted by Crippen LogP contribution is -2.60. The molecule has 0 aromatic heterocycles. The molecule has 0 saturated carbocycles. The van der Waals surface area contributed by atoms with Gasteiger partial charge in [0, 0.05) is 29.2 Å². The van der Waals surface area contributed by atoms with Crippen LogP contribution in [0.25, 0.3) is 0 Å². The van der Waals surface area contributed by atoms with Crippen molar-refractivity contribution in [3.63, 3.8) is 0 Å². The summed E-state index contributed by atoms with van der Waals surface area (Å²) >= 11 is 0. The summed E-state index contributed by atoms with van der Waals surface area (Å²) in [6, 6.07) is 17.0. The number of carbonyl (C=O) groups is 4. The van der Waals surface area contributed by atoms with Crippen molar-refractivity contribution in [3.8, 4) is 5.75 Å². The van der Waals surface area contributed by atoms with Gasteiger partial charge in [-0.25, -0.2) is 9.80 Å². The van der Waals surface area contributed by atoms with E-state index in [9.17, 15) is 19.2 Å². The summed E-state index contributed by atoms with van der Waals surface area (Å²) in [5.74, 6) is -1.69. The zero-order valence-corrected chi connectivity index (χ0v) is 25.6. The van der Waals surface area contributed by atoms with E-state index >= 15 is 0 Å². The first-order valence-electron chi connectivity index (χ1n) is 13.5. The molecule has 222 valence electrons. The van der Waals surface area contributed by atoms with E-state index in [0.717, 1.165) is 16.1 Å². The molecular formula is C33H38N2O7. The molecule has 0 aliphatic carbocycles. The summed E-state index contributed by atoms with van der Waals surface area (Å²) in [5.41, 5.74) is 2.56. The Morgan fingerprint density at radius 2 is 1.40 bits per heavy atom. The molecule has 0 aliphatic heterocycles. The molecule has 3 aromatic rings. The summed E-state index contributed by atoms with van der Waals surface area (Å²) in [4.78, 5) is 54.7. The number of ether oxygens (including phenoxy) is 3. The van der Waals surface area contributed by atoms with E-state index < -0.39 is 35.7 Å². The molecule has 1 unspecified atom stereocenters. The van der Waals surface area contributed by atoms with Crippen LogP contribution < -0.4 is 4.74 Å². The highest BCUT2D eigenvalue weighted by atomic mass is 16.7. The highest BCUT2D eigenvalue weighted by molar-refractivity contribution is 6.07. The van der Waals surface area contributed by atoms with Gasteiger partial charge < -0.3 is 14.2 Å². The summed E-state index contributed by atoms with van der Waals surface area (Å²) in [6.07, 6.45) is -2.68. The number of nitrogens with zero attached hydrogens (tertiary/aromatic N) is 2. The smallest absolute Gasteiger partial charge is 0.439 e. The molecule has 0 fully saturated rings. The molecule has 0 heterocycles. The van der Waals surface area contributed by atoms with Crippen molar-refractivity contribution >= 4 is 23.9 Å². The molecule has 0 saturated heterocycles. The zero-order valence-electron chi connectivity index (χ0n) is 25.6. The van der Waals surface area contributed by atoms with Crippen molar-refractivity contribution in [3.05, 3.63) is 99.6 Å². The normalized spacial score (nSPS) is 11.7. The van der Waals surface area contributed by atoms with Crippen LogP contribution in [0.15, 0.2) is 60.7 Å². The second-order valence-electron chi connectivity index (χ2n) is 11.1. The van der Waals surface area contributed by atoms with E-state index in [1.807, 2.05) is 19.9 Å². The van der Waals surface area contributed by atoms with E-state index in [1.54, 1.807) is 83.1 Å². The minimum atomic E-state index is -1.48. The Bertz CT molecular complexity index is 1490. The first kappa shape index (κ1) is 31.9. The number of aryl methyl sites for hydroxylation is 3. The Labute approximate surface area is 246 Å². The van der Waals surface area contributed by atoms with Crippen LogP contribution in [0.2, 0.25) is 0 Å². The number of hydrogen-bond donors (Lipinski definition) is 0. The molecule has 3 amide bonds. The van der Waals surface area contributed by atoms with Crippen LogP contribution in [0.4, 0.5) is 4.79 Å². The predicted octanol–water partition coefficient (Wildman–Crippen LogP) is 6.63. The third kappa shape index (κ3) is 7.15. The maximum Gasteiger partial charge on any atom is 0.439 e. The van der Waals surface area contributed by atoms with Crippen molar-refractivity contribution in [2.45, 2.75) is 67.2 Å². The van der Waals surface area contributed by atoms with Gasteiger partial charge in [-0.2, -0.15) is 0 Å². The predicted molar refractivity (Wildman–Crippen MR) is 158 cm³/mol. The molecule has 0 N–H and O–H groups in total. The average molecular weight is 575 g/mol. The third-order valence-electron chi connectivity index (χ3n) is 6.52. The van der Waals surface area contributed by atoms with Gasteiger partial charge in [0.15, 0.2) is 0 Å². The number of carbonyl (C=O) groups excluding carboxylic acids is 4. The minimum absolute atomic E-state index is 0.119. The molecule has 9 heteroatoms. The number of methoxy groups -OCH3 is 1. The van der Waals surface area contributed by atoms with Crippen molar-refractivity contribution in [1.29, 1.82) is 0 Å². The quantitative estimate of drug-likeness (QED) is 0.185. The van der Waals surface area contributed by atoms with Crippen LogP contribution >= 0.6 is 0 Å². The zero-order chi connectivity index (χ0) is 31.4. The summed E-state index contributed by atoms with van der Waals surface area (Å²) in [7, 11) is 1.47. The first-order chi connectivity index (χ1) is 19.6. The Hall–Kier alpha value is -4.66. The van der Waals surface area contributed by atoms with Gasteiger partial charge in [-0.05, 0) is 78.3 Å². The van der Waals surface area contributed by atoms with Gasteiger partial charge in [-0.15, -0.1) is 5.01 Å². The van der Waals surface area contributed by atoms with Crippen LogP contribution in [-0.2, 0) is 14.3 Å². The summed E-state index contributed by atoms with van der Waals surface area (Å²) in [5, 5.41) is 1.75. The fraction of sp³-hybridized carbons (Fsp3) is 0.333. The summed E-state index contributed by atoms with van der Waals surface area (Å²) in [6.45, 7) is 13.4. The second-order valence-corrected chi connectivity index (χ2v) is 11.1. The highest BCUT2D eigenvalue weighted by Crippen LogP contribution is 2.30. The van der Waals surface area contributed by atoms with E-state index in [-0.39, 0.29) is 11.1 Å². The van der Waals surface area contributed by atoms with Crippen molar-refractivity contribution in [1.82, 2.24) is 10.0 Å². The number of hydrogen-bond acceptors (Lipinski definition) is 7. The largest absolute Gasteiger partial charge is 0.496 e. The monoisotopic (exact) mass is 574 g/mol. The van der Waals surface area contributed by atoms with E-state index in [4.69, 9.17) is 14.2 Å². The van der Waals surface area contributed by atoms with Gasteiger partial charge in [0.1, 0.15) is 5.75 Å². The van der Waals surface area contributed by atoms with E-state index in [0.29, 0.717) is 27.4 Å². The van der Waals surface area contributed by atoms with Gasteiger partial charge in [0.05, 0.1) is 12.6 Å². The van der Waals surface area contributed by atoms with Gasteiger partial charge in [-0.1, -0.05) is 47.5 Å². The molecule has 0 radical (unpaired) electrons. The Kier molecular flexibility index (Phi) is 9.78. The number of benzene rings is 3. The lowest BCUT2D eigenvalue weighted by Gasteiger charge is -2.42. The lowest BCUT2D eigenvalue weighted by molar-refractivity contribution is -0.170. The molecule has 3 rings (SSSR count). The fourth-order valence-electron chi connectivity index (χ4n) is 4.65. The molecule has 9 nitrogen and oxygen atoms in total. The fourth-order valence-corrected chi connectivity index (χ4v) is 4.65. The van der Waals surface area contributed by atoms with Gasteiger partial charge in [0.2, 0.25) is 0 Å². The van der Waals surface area contributed by atoms with Crippen molar-refractivity contribution in [2.24, 2.45) is 0 Å². The number of rotatable bonds is 6. The molecule has 0 aliphatic rings. The highest BCUT2D eigenvalue weighted by Gasteiger charge is 2.43. The number of esters is 1. The third-order valence-corrected chi connectivity index (χ3v) is 6.52. The van der Waals surface area contributed by atoms with Gasteiger partial charge in [0.25, 0.3) is 18.1 Å². The topological polar surface area (TPSA) is 102 Å². The maximum atomic E-state index is 14.3. The summed E-state index contributed by atoms with van der Waals surface area (Å²) < 4.78 is 16.5. The minimum Gasteiger partial charge on any atom is -0.496 e. The van der Waals surface area contributed by atoms with Gasteiger partial charge in [-0.3, -0.25) is 14.4 Å². The van der Waals surface area contributed by atoms with Crippen LogP contribution in [-0.4, -0.2) is 46.5 Å². The molecule has 1 atom stereocenters. The van der Waals surface area contributed by atoms with Crippen molar-refractivity contribution < 1.29 is 33.4 Å². The van der Waals surface area contributed by atoms with Crippen LogP contribution in [0, 0.1) is 27.7 Å². The van der Waals surface area contributed by atoms with E-state index in [1.165, 1.54) is 20.1 Å². The molecule has 3 aromatic carbocycles. The number of hydrazine groups is 1. The van der Waals surface area contributed by atoms with Crippen LogP contribution in [0.3, 0.4) is 0 Å². The standard InChI is InChI=1S/C33H38N2O7/c1-20-17-21(2)19-25(18-20)29(37)35(33(6,7)8)34(30(38)27-15-12-16-28(40-9)23(27)4)32(39)42-31(41-24(5)36)26-14-11-10-13-22(26)3/h10-19,31H,1-9H3. The number of imide groups is 1. The number of amides is 3. The van der Waals surface area contributed by atoms with Crippen LogP contribution in [0.5, 0.6) is 5.75 Å². The second kappa shape index (κ2) is 12.9. The average Bonchev–Trinajstić information content (AvgIpc) is 2.89. The molecule has 0 bridgehead atoms. The first-order valence-corrected chi connectivity index (χ1v) is 13.5. The SMILES string of the molecule is COc1cccc(C(=O)N(C(=O)OC(OC(C)=O)c2ccccc2C)N(C(=O)c2cc(C)cc(C)c2)C(C)(C)C)c1C. The molecular weight excluding hydrogens is 536 g/mol. The lowest BCUT2D eigenvalue weighted by atomic mass is 10.0. The maximum absolute atomic E-state index is 14.3. The van der Waals surface area contributed by atoms with Crippen molar-refractivity contribution in [2.75, 3.05) is 7.11 Å². The molecule has 42 heavy (non-hydrogen) atoms. The Balaban J connectivity index is 2.22.